The minimum atomic E-state index is -1.37. The second-order valence-electron chi connectivity index (χ2n) is 4.38. The van der Waals surface area contributed by atoms with Gasteiger partial charge in [0.2, 0.25) is 5.91 Å². The normalized spacial score (nSPS) is 36.7. The van der Waals surface area contributed by atoms with Crippen LogP contribution in [0.15, 0.2) is 0 Å². The minimum Gasteiger partial charge on any atom is -0.388 e. The molecule has 0 saturated carbocycles. The van der Waals surface area contributed by atoms with Crippen molar-refractivity contribution >= 4 is 14.1 Å². The van der Waals surface area contributed by atoms with Gasteiger partial charge in [-0.2, -0.15) is 0 Å². The molecule has 0 aliphatic carbocycles. The molecule has 1 heterocycles. The summed E-state index contributed by atoms with van der Waals surface area (Å²) in [7, 11) is -0.622. The van der Waals surface area contributed by atoms with E-state index in [0.29, 0.717) is 0 Å². The van der Waals surface area contributed by atoms with E-state index in [9.17, 15) is 20.1 Å². The monoisotopic (exact) mass is 281 g/mol. The van der Waals surface area contributed by atoms with Crippen molar-refractivity contribution in [1.82, 2.24) is 5.32 Å². The van der Waals surface area contributed by atoms with Gasteiger partial charge in [-0.25, -0.2) is 0 Å². The Morgan fingerprint density at radius 3 is 2.44 bits per heavy atom. The Morgan fingerprint density at radius 2 is 1.94 bits per heavy atom. The van der Waals surface area contributed by atoms with Crippen molar-refractivity contribution in [2.45, 2.75) is 37.6 Å². The van der Waals surface area contributed by atoms with Gasteiger partial charge in [0.1, 0.15) is 24.4 Å². The number of hydrogen-bond donors (Lipinski definition) is 4. The highest BCUT2D eigenvalue weighted by Crippen LogP contribution is 2.28. The van der Waals surface area contributed by atoms with E-state index in [2.05, 4.69) is 5.32 Å². The molecule has 8 heteroatoms. The molecule has 0 aromatic carbocycles. The van der Waals surface area contributed by atoms with E-state index in [4.69, 9.17) is 9.26 Å². The summed E-state index contributed by atoms with van der Waals surface area (Å²) in [5.74, 6) is -0.422. The Morgan fingerprint density at radius 1 is 1.33 bits per heavy atom. The van der Waals surface area contributed by atoms with Crippen molar-refractivity contribution < 1.29 is 29.4 Å². The molecular weight excluding hydrogens is 261 g/mol. The number of carbonyl (C=O) groups excluding carboxylic acids is 1. The third-order valence-electron chi connectivity index (χ3n) is 2.59. The maximum Gasteiger partial charge on any atom is 0.217 e. The lowest BCUT2D eigenvalue weighted by Gasteiger charge is -2.40. The average molecular weight is 281 g/mol. The first-order valence-electron chi connectivity index (χ1n) is 5.60. The molecule has 1 rings (SSSR count). The predicted molar refractivity (Wildman–Crippen MR) is 65.2 cm³/mol. The van der Waals surface area contributed by atoms with Gasteiger partial charge in [0.05, 0.1) is 6.61 Å². The molecule has 18 heavy (non-hydrogen) atoms. The summed E-state index contributed by atoms with van der Waals surface area (Å²) in [6.07, 6.45) is -4.71. The van der Waals surface area contributed by atoms with E-state index in [0.717, 1.165) is 0 Å². The molecule has 0 aromatic heterocycles. The van der Waals surface area contributed by atoms with Crippen LogP contribution in [0.3, 0.4) is 0 Å². The number of rotatable bonds is 4. The maximum atomic E-state index is 10.9. The number of nitrogens with one attached hydrogen (secondary N) is 1. The number of aliphatic hydroxyl groups excluding tert-OH is 3. The van der Waals surface area contributed by atoms with Gasteiger partial charge >= 0.3 is 0 Å². The molecule has 0 spiro atoms. The zero-order valence-corrected chi connectivity index (χ0v) is 11.5. The second-order valence-corrected chi connectivity index (χ2v) is 6.26. The van der Waals surface area contributed by atoms with Crippen LogP contribution in [0.2, 0.25) is 0 Å². The highest BCUT2D eigenvalue weighted by atomic mass is 31.1. The molecular formula is C10H20NO6P. The number of carbonyl (C=O) groups is 1. The number of aliphatic hydroxyl groups is 3. The molecule has 1 aliphatic heterocycles. The Bertz CT molecular complexity index is 290. The van der Waals surface area contributed by atoms with Gasteiger partial charge in [0.15, 0.2) is 6.29 Å². The van der Waals surface area contributed by atoms with E-state index in [1.807, 2.05) is 13.3 Å². The average Bonchev–Trinajstić information content (AvgIpc) is 2.27. The van der Waals surface area contributed by atoms with E-state index in [-0.39, 0.29) is 6.61 Å². The minimum absolute atomic E-state index is 0.0841. The molecule has 1 fully saturated rings. The van der Waals surface area contributed by atoms with E-state index >= 15 is 0 Å². The Labute approximate surface area is 107 Å². The largest absolute Gasteiger partial charge is 0.388 e. The van der Waals surface area contributed by atoms with Crippen molar-refractivity contribution in [3.05, 3.63) is 0 Å². The van der Waals surface area contributed by atoms with Gasteiger partial charge in [-0.15, -0.1) is 0 Å². The third-order valence-corrected chi connectivity index (χ3v) is 3.25. The number of amides is 1. The molecule has 0 aromatic rings. The van der Waals surface area contributed by atoms with Crippen LogP contribution >= 0.6 is 8.15 Å². The fraction of sp³-hybridized carbons (Fsp3) is 0.900. The van der Waals surface area contributed by atoms with Crippen LogP contribution in [0.25, 0.3) is 0 Å². The standard InChI is InChI=1S/C10H20NO6P/c1-5(12)11-7-9(14)8(13)6(17-10(7)15)4-16-18(2)3/h6-10,13-15H,4H2,1-3H3,(H,11,12)/t6-,7-,8-,9-,10+/m1/s1. The quantitative estimate of drug-likeness (QED) is 0.472. The van der Waals surface area contributed by atoms with Crippen LogP contribution in [0.5, 0.6) is 0 Å². The summed E-state index contributed by atoms with van der Waals surface area (Å²) >= 11 is 0. The fourth-order valence-electron chi connectivity index (χ4n) is 1.70. The van der Waals surface area contributed by atoms with Crippen molar-refractivity contribution in [2.24, 2.45) is 0 Å². The van der Waals surface area contributed by atoms with Gasteiger partial charge in [-0.05, 0) is 13.3 Å². The lowest BCUT2D eigenvalue weighted by Crippen LogP contribution is -2.64. The Hall–Kier alpha value is -0.300. The SMILES string of the molecule is CC(=O)N[C@@H]1[C@@H](O)[C@H](O)[C@@H](COP(C)C)O[C@@H]1O. The third kappa shape index (κ3) is 4.12. The molecule has 4 N–H and O–H groups in total. The molecule has 1 aliphatic rings. The summed E-state index contributed by atoms with van der Waals surface area (Å²) < 4.78 is 10.5. The highest BCUT2D eigenvalue weighted by Gasteiger charge is 2.44. The first-order valence-corrected chi connectivity index (χ1v) is 7.75. The van der Waals surface area contributed by atoms with Crippen molar-refractivity contribution in [2.75, 3.05) is 19.9 Å². The summed E-state index contributed by atoms with van der Waals surface area (Å²) in [5, 5.41) is 31.7. The molecule has 1 saturated heterocycles. The van der Waals surface area contributed by atoms with Gasteiger partial charge in [-0.1, -0.05) is 0 Å². The van der Waals surface area contributed by atoms with Gasteiger partial charge in [-0.3, -0.25) is 4.79 Å². The molecule has 5 atom stereocenters. The summed E-state index contributed by atoms with van der Waals surface area (Å²) in [4.78, 5) is 10.9. The molecule has 1 amide bonds. The Balaban J connectivity index is 2.61. The zero-order chi connectivity index (χ0) is 13.9. The molecule has 0 radical (unpaired) electrons. The second kappa shape index (κ2) is 6.75. The van der Waals surface area contributed by atoms with Crippen LogP contribution in [0, 0.1) is 0 Å². The lowest BCUT2D eigenvalue weighted by atomic mass is 9.97. The lowest BCUT2D eigenvalue weighted by molar-refractivity contribution is -0.251. The first-order chi connectivity index (χ1) is 8.32. The smallest absolute Gasteiger partial charge is 0.217 e. The van der Waals surface area contributed by atoms with Crippen molar-refractivity contribution in [1.29, 1.82) is 0 Å². The number of ether oxygens (including phenoxy) is 1. The van der Waals surface area contributed by atoms with Gasteiger partial charge < -0.3 is 29.9 Å². The highest BCUT2D eigenvalue weighted by molar-refractivity contribution is 7.50. The van der Waals surface area contributed by atoms with Gasteiger partial charge in [0, 0.05) is 15.1 Å². The zero-order valence-electron chi connectivity index (χ0n) is 10.6. The fourth-order valence-corrected chi connectivity index (χ4v) is 2.14. The summed E-state index contributed by atoms with van der Waals surface area (Å²) in [5.41, 5.74) is 0. The van der Waals surface area contributed by atoms with Crippen LogP contribution in [0.4, 0.5) is 0 Å². The van der Waals surface area contributed by atoms with E-state index in [1.54, 1.807) is 0 Å². The molecule has 7 nitrogen and oxygen atoms in total. The van der Waals surface area contributed by atoms with E-state index in [1.165, 1.54) is 6.92 Å². The van der Waals surface area contributed by atoms with Crippen molar-refractivity contribution in [3.8, 4) is 0 Å². The predicted octanol–water partition coefficient (Wildman–Crippen LogP) is -1.40. The summed E-state index contributed by atoms with van der Waals surface area (Å²) in [6, 6.07) is -1.04. The maximum absolute atomic E-state index is 10.9. The Kier molecular flexibility index (Phi) is 5.91. The molecule has 0 bridgehead atoms. The van der Waals surface area contributed by atoms with Crippen LogP contribution in [-0.4, -0.2) is 71.8 Å². The van der Waals surface area contributed by atoms with Crippen LogP contribution in [-0.2, 0) is 14.1 Å². The molecule has 0 unspecified atom stereocenters. The topological polar surface area (TPSA) is 108 Å². The summed E-state index contributed by atoms with van der Waals surface area (Å²) in [6.45, 7) is 5.11. The molecule has 106 valence electrons. The van der Waals surface area contributed by atoms with Gasteiger partial charge in [0.25, 0.3) is 0 Å². The first kappa shape index (κ1) is 15.8. The van der Waals surface area contributed by atoms with Crippen LogP contribution in [0.1, 0.15) is 6.92 Å². The number of hydrogen-bond acceptors (Lipinski definition) is 6. The van der Waals surface area contributed by atoms with Crippen molar-refractivity contribution in [3.63, 3.8) is 0 Å². The van der Waals surface area contributed by atoms with E-state index < -0.39 is 44.7 Å². The van der Waals surface area contributed by atoms with Crippen LogP contribution < -0.4 is 5.32 Å².